The predicted octanol–water partition coefficient (Wildman–Crippen LogP) is 1.44. The van der Waals surface area contributed by atoms with Crippen molar-refractivity contribution in [3.8, 4) is 5.75 Å². The molecule has 0 aliphatic heterocycles. The molecule has 0 saturated heterocycles. The number of aromatic nitrogens is 3. The first kappa shape index (κ1) is 10.8. The van der Waals surface area contributed by atoms with E-state index in [4.69, 9.17) is 0 Å². The van der Waals surface area contributed by atoms with E-state index < -0.39 is 0 Å². The van der Waals surface area contributed by atoms with Crippen LogP contribution < -0.4 is 5.43 Å². The summed E-state index contributed by atoms with van der Waals surface area (Å²) < 4.78 is 3.57. The van der Waals surface area contributed by atoms with Gasteiger partial charge >= 0.3 is 0 Å². The molecule has 5 heteroatoms. The van der Waals surface area contributed by atoms with Crippen molar-refractivity contribution in [1.82, 2.24) is 14.3 Å². The lowest BCUT2D eigenvalue weighted by Gasteiger charge is -2.06. The molecule has 18 heavy (non-hydrogen) atoms. The fourth-order valence-corrected chi connectivity index (χ4v) is 2.34. The molecule has 0 amide bonds. The molecule has 0 fully saturated rings. The number of hydrogen-bond donors (Lipinski definition) is 1. The number of pyridine rings is 1. The van der Waals surface area contributed by atoms with Crippen molar-refractivity contribution in [3.63, 3.8) is 0 Å². The first-order valence-electron chi connectivity index (χ1n) is 5.65. The first-order valence-corrected chi connectivity index (χ1v) is 5.65. The predicted molar refractivity (Wildman–Crippen MR) is 69.9 cm³/mol. The molecule has 5 nitrogen and oxygen atoms in total. The highest BCUT2D eigenvalue weighted by Crippen LogP contribution is 2.22. The van der Waals surface area contributed by atoms with Crippen LogP contribution in [0.3, 0.4) is 0 Å². The average Bonchev–Trinajstić information content (AvgIpc) is 2.63. The molecule has 0 aliphatic carbocycles. The van der Waals surface area contributed by atoms with Crippen LogP contribution in [0.25, 0.3) is 21.9 Å². The number of benzene rings is 1. The third kappa shape index (κ3) is 1.21. The minimum absolute atomic E-state index is 0.0837. The molecule has 3 rings (SSSR count). The molecule has 0 bridgehead atoms. The van der Waals surface area contributed by atoms with Crippen molar-refractivity contribution < 1.29 is 5.11 Å². The van der Waals surface area contributed by atoms with E-state index in [1.54, 1.807) is 16.8 Å². The fourth-order valence-electron chi connectivity index (χ4n) is 2.34. The highest BCUT2D eigenvalue weighted by atomic mass is 16.3. The van der Waals surface area contributed by atoms with Gasteiger partial charge in [-0.3, -0.25) is 9.48 Å². The zero-order valence-corrected chi connectivity index (χ0v) is 10.4. The monoisotopic (exact) mass is 243 g/mol. The van der Waals surface area contributed by atoms with Crippen LogP contribution in [0.5, 0.6) is 5.75 Å². The van der Waals surface area contributed by atoms with E-state index in [2.05, 4.69) is 5.10 Å². The van der Waals surface area contributed by atoms with Crippen LogP contribution in [0.4, 0.5) is 0 Å². The molecule has 1 aromatic carbocycles. The third-order valence-corrected chi connectivity index (χ3v) is 3.45. The molecule has 2 aromatic heterocycles. The maximum atomic E-state index is 12.4. The van der Waals surface area contributed by atoms with Crippen molar-refractivity contribution >= 4 is 21.9 Å². The summed E-state index contributed by atoms with van der Waals surface area (Å²) in [6.45, 7) is 1.87. The number of aromatic hydroxyl groups is 1. The number of rotatable bonds is 0. The summed E-state index contributed by atoms with van der Waals surface area (Å²) in [5, 5.41) is 15.0. The van der Waals surface area contributed by atoms with Gasteiger partial charge in [-0.25, -0.2) is 0 Å². The lowest BCUT2D eigenvalue weighted by atomic mass is 10.1. The standard InChI is InChI=1S/C13H13N3O2/c1-7-11-12(18)9-6-8(17)4-5-10(9)15(2)13(11)14-16(7)3/h4-6,17H,1-3H3. The SMILES string of the molecule is Cc1c2c(=O)c3cc(O)ccc3n(C)c2nn1C. The Morgan fingerprint density at radius 2 is 2.00 bits per heavy atom. The molecule has 2 heterocycles. The Labute approximate surface area is 103 Å². The topological polar surface area (TPSA) is 60.0 Å². The fraction of sp³-hybridized carbons (Fsp3) is 0.231. The molecule has 0 radical (unpaired) electrons. The van der Waals surface area contributed by atoms with Gasteiger partial charge in [0, 0.05) is 19.8 Å². The minimum atomic E-state index is -0.0837. The van der Waals surface area contributed by atoms with E-state index in [1.807, 2.05) is 25.6 Å². The van der Waals surface area contributed by atoms with Gasteiger partial charge in [0.05, 0.1) is 16.3 Å². The molecule has 0 unspecified atom stereocenters. The maximum absolute atomic E-state index is 12.4. The van der Waals surface area contributed by atoms with Gasteiger partial charge in [-0.1, -0.05) is 0 Å². The number of phenols is 1. The largest absolute Gasteiger partial charge is 0.508 e. The molecular weight excluding hydrogens is 230 g/mol. The number of hydrogen-bond acceptors (Lipinski definition) is 3. The Hall–Kier alpha value is -2.30. The van der Waals surface area contributed by atoms with Crippen LogP contribution in [0, 0.1) is 6.92 Å². The van der Waals surface area contributed by atoms with Gasteiger partial charge in [-0.15, -0.1) is 0 Å². The summed E-state index contributed by atoms with van der Waals surface area (Å²) in [6, 6.07) is 4.81. The number of phenolic OH excluding ortho intramolecular Hbond substituents is 1. The highest BCUT2D eigenvalue weighted by Gasteiger charge is 2.15. The van der Waals surface area contributed by atoms with Crippen LogP contribution in [-0.2, 0) is 14.1 Å². The summed E-state index contributed by atoms with van der Waals surface area (Å²) >= 11 is 0. The molecule has 0 spiro atoms. The van der Waals surface area contributed by atoms with E-state index in [-0.39, 0.29) is 11.2 Å². The molecule has 0 aliphatic rings. The van der Waals surface area contributed by atoms with Gasteiger partial charge < -0.3 is 9.67 Å². The lowest BCUT2D eigenvalue weighted by molar-refractivity contribution is 0.476. The second-order valence-electron chi connectivity index (χ2n) is 4.50. The number of aryl methyl sites for hydroxylation is 3. The van der Waals surface area contributed by atoms with E-state index in [0.29, 0.717) is 16.4 Å². The Bertz CT molecular complexity index is 843. The zero-order valence-electron chi connectivity index (χ0n) is 10.4. The normalized spacial score (nSPS) is 11.5. The lowest BCUT2D eigenvalue weighted by Crippen LogP contribution is -2.08. The Morgan fingerprint density at radius 1 is 1.28 bits per heavy atom. The second kappa shape index (κ2) is 3.35. The van der Waals surface area contributed by atoms with Crippen molar-refractivity contribution in [3.05, 3.63) is 34.1 Å². The van der Waals surface area contributed by atoms with Gasteiger partial charge in [-0.05, 0) is 25.1 Å². The van der Waals surface area contributed by atoms with Crippen LogP contribution in [0.15, 0.2) is 23.0 Å². The quantitative estimate of drug-likeness (QED) is 0.650. The molecule has 1 N–H and O–H groups in total. The maximum Gasteiger partial charge on any atom is 0.200 e. The summed E-state index contributed by atoms with van der Waals surface area (Å²) in [5.74, 6) is 0.0977. The molecule has 0 saturated carbocycles. The summed E-state index contributed by atoms with van der Waals surface area (Å²) in [7, 11) is 3.69. The van der Waals surface area contributed by atoms with Crippen LogP contribution in [0.1, 0.15) is 5.69 Å². The summed E-state index contributed by atoms with van der Waals surface area (Å²) in [5.41, 5.74) is 2.18. The summed E-state index contributed by atoms with van der Waals surface area (Å²) in [6.07, 6.45) is 0. The first-order chi connectivity index (χ1) is 8.50. The van der Waals surface area contributed by atoms with Gasteiger partial charge in [0.25, 0.3) is 0 Å². The van der Waals surface area contributed by atoms with E-state index in [9.17, 15) is 9.90 Å². The molecular formula is C13H13N3O2. The van der Waals surface area contributed by atoms with Gasteiger partial charge in [0.2, 0.25) is 5.43 Å². The highest BCUT2D eigenvalue weighted by molar-refractivity contribution is 5.93. The van der Waals surface area contributed by atoms with Crippen molar-refractivity contribution in [2.24, 2.45) is 14.1 Å². The van der Waals surface area contributed by atoms with E-state index in [1.165, 1.54) is 6.07 Å². The van der Waals surface area contributed by atoms with Crippen LogP contribution in [-0.4, -0.2) is 19.5 Å². The average molecular weight is 243 g/mol. The summed E-state index contributed by atoms with van der Waals surface area (Å²) in [4.78, 5) is 12.4. The second-order valence-corrected chi connectivity index (χ2v) is 4.50. The Kier molecular flexibility index (Phi) is 2.02. The van der Waals surface area contributed by atoms with Crippen LogP contribution in [0.2, 0.25) is 0 Å². The number of fused-ring (bicyclic) bond motifs is 2. The molecule has 92 valence electrons. The Morgan fingerprint density at radius 3 is 2.72 bits per heavy atom. The smallest absolute Gasteiger partial charge is 0.200 e. The van der Waals surface area contributed by atoms with Gasteiger partial charge in [-0.2, -0.15) is 5.10 Å². The van der Waals surface area contributed by atoms with E-state index in [0.717, 1.165) is 11.2 Å². The van der Waals surface area contributed by atoms with Crippen molar-refractivity contribution in [1.29, 1.82) is 0 Å². The van der Waals surface area contributed by atoms with Crippen LogP contribution >= 0.6 is 0 Å². The van der Waals surface area contributed by atoms with Gasteiger partial charge in [0.15, 0.2) is 5.65 Å². The van der Waals surface area contributed by atoms with Gasteiger partial charge in [0.1, 0.15) is 5.75 Å². The third-order valence-electron chi connectivity index (χ3n) is 3.45. The molecule has 0 atom stereocenters. The minimum Gasteiger partial charge on any atom is -0.508 e. The molecule has 3 aromatic rings. The Balaban J connectivity index is 2.70. The van der Waals surface area contributed by atoms with Crippen molar-refractivity contribution in [2.45, 2.75) is 6.92 Å². The number of nitrogens with zero attached hydrogens (tertiary/aromatic N) is 3. The van der Waals surface area contributed by atoms with E-state index >= 15 is 0 Å². The van der Waals surface area contributed by atoms with Crippen molar-refractivity contribution in [2.75, 3.05) is 0 Å². The zero-order chi connectivity index (χ0) is 13.0.